The van der Waals surface area contributed by atoms with E-state index in [0.29, 0.717) is 22.8 Å². The lowest BCUT2D eigenvalue weighted by Crippen LogP contribution is -2.28. The van der Waals surface area contributed by atoms with Gasteiger partial charge >= 0.3 is 6.18 Å². The number of rotatable bonds is 5. The largest absolute Gasteiger partial charge is 0.431 e. The zero-order valence-electron chi connectivity index (χ0n) is 18.4. The zero-order chi connectivity index (χ0) is 24.2. The van der Waals surface area contributed by atoms with Gasteiger partial charge in [-0.05, 0) is 41.8 Å². The maximum Gasteiger partial charge on any atom is 0.431 e. The second kappa shape index (κ2) is 8.44. The summed E-state index contributed by atoms with van der Waals surface area (Å²) in [4.78, 5) is 2.81. The van der Waals surface area contributed by atoms with Gasteiger partial charge in [0.25, 0.3) is 0 Å². The molecule has 6 rings (SSSR count). The molecule has 1 aliphatic carbocycles. The molecule has 0 unspecified atom stereocenters. The van der Waals surface area contributed by atoms with Crippen LogP contribution in [0.3, 0.4) is 0 Å². The van der Waals surface area contributed by atoms with E-state index in [9.17, 15) is 13.2 Å². The fraction of sp³-hybridized carbons (Fsp3) is 0.280. The fourth-order valence-corrected chi connectivity index (χ4v) is 6.14. The number of fused-ring (bicyclic) bond motifs is 1. The lowest BCUT2D eigenvalue weighted by atomic mass is 10.1. The predicted molar refractivity (Wildman–Crippen MR) is 126 cm³/mol. The smallest absolute Gasteiger partial charge is 0.371 e. The van der Waals surface area contributed by atoms with Crippen LogP contribution >= 0.6 is 11.9 Å². The summed E-state index contributed by atoms with van der Waals surface area (Å²) >= 11 is 0.974. The predicted octanol–water partition coefficient (Wildman–Crippen LogP) is 5.68. The standard InChI is InChI=1S/C25H21F4N5S/c26-21-10-18(32-12-19-20(13-32)24(19)33-14-30-31-15-33)7-6-17(21)11-34-23(25(27,28)29)9-8-22(35-34)16-4-2-1-3-5-16/h1-10,14-15,19-20,24H,11-13H2/t19-,20-/m0/s1. The minimum atomic E-state index is -4.54. The third-order valence-electron chi connectivity index (χ3n) is 6.86. The van der Waals surface area contributed by atoms with Crippen LogP contribution in [-0.4, -0.2) is 38.3 Å². The fourth-order valence-electron chi connectivity index (χ4n) is 5.07. The Morgan fingerprint density at radius 1 is 0.943 bits per heavy atom. The minimum absolute atomic E-state index is 0.201. The monoisotopic (exact) mass is 499 g/mol. The Morgan fingerprint density at radius 2 is 1.66 bits per heavy atom. The second-order valence-electron chi connectivity index (χ2n) is 8.98. The maximum absolute atomic E-state index is 15.1. The molecular formula is C25H21F4N5S. The first-order chi connectivity index (χ1) is 16.9. The van der Waals surface area contributed by atoms with Crippen molar-refractivity contribution in [2.45, 2.75) is 18.8 Å². The van der Waals surface area contributed by atoms with Crippen LogP contribution in [0.2, 0.25) is 0 Å². The topological polar surface area (TPSA) is 37.2 Å². The first-order valence-electron chi connectivity index (χ1n) is 11.3. The quantitative estimate of drug-likeness (QED) is 0.334. The van der Waals surface area contributed by atoms with Crippen LogP contribution in [0, 0.1) is 17.7 Å². The van der Waals surface area contributed by atoms with E-state index < -0.39 is 17.7 Å². The highest BCUT2D eigenvalue weighted by Gasteiger charge is 2.57. The van der Waals surface area contributed by atoms with E-state index in [1.165, 1.54) is 12.1 Å². The van der Waals surface area contributed by atoms with Gasteiger partial charge in [0, 0.05) is 47.1 Å². The lowest BCUT2D eigenvalue weighted by Gasteiger charge is -2.31. The zero-order valence-corrected chi connectivity index (χ0v) is 19.3. The van der Waals surface area contributed by atoms with E-state index >= 15 is 4.39 Å². The molecule has 0 amide bonds. The molecule has 1 saturated heterocycles. The van der Waals surface area contributed by atoms with Gasteiger partial charge in [-0.3, -0.25) is 0 Å². The molecule has 5 nitrogen and oxygen atoms in total. The van der Waals surface area contributed by atoms with Crippen LogP contribution in [-0.2, 0) is 6.54 Å². The van der Waals surface area contributed by atoms with Crippen molar-refractivity contribution < 1.29 is 17.6 Å². The molecule has 0 bridgehead atoms. The third kappa shape index (κ3) is 4.20. The molecule has 2 aromatic carbocycles. The Hall–Kier alpha value is -3.27. The number of aromatic nitrogens is 3. The highest BCUT2D eigenvalue weighted by Crippen LogP contribution is 2.55. The van der Waals surface area contributed by atoms with Gasteiger partial charge in [0.15, 0.2) is 0 Å². The summed E-state index contributed by atoms with van der Waals surface area (Å²) in [7, 11) is 0. The van der Waals surface area contributed by atoms with Gasteiger partial charge in [0.1, 0.15) is 24.2 Å². The Bertz CT molecular complexity index is 1280. The average Bonchev–Trinajstić information content (AvgIpc) is 3.22. The van der Waals surface area contributed by atoms with E-state index in [1.54, 1.807) is 24.8 Å². The van der Waals surface area contributed by atoms with E-state index in [2.05, 4.69) is 15.1 Å². The molecule has 2 aliphatic heterocycles. The van der Waals surface area contributed by atoms with Gasteiger partial charge in [0.2, 0.25) is 0 Å². The molecule has 1 saturated carbocycles. The van der Waals surface area contributed by atoms with E-state index in [0.717, 1.165) is 46.7 Å². The number of piperidine rings is 1. The number of anilines is 1. The van der Waals surface area contributed by atoms with Crippen molar-refractivity contribution in [2.75, 3.05) is 18.0 Å². The number of benzene rings is 2. The summed E-state index contributed by atoms with van der Waals surface area (Å²) < 4.78 is 59.4. The van der Waals surface area contributed by atoms with Gasteiger partial charge in [-0.1, -0.05) is 36.4 Å². The van der Waals surface area contributed by atoms with Gasteiger partial charge in [0.05, 0.1) is 6.54 Å². The summed E-state index contributed by atoms with van der Waals surface area (Å²) in [6.45, 7) is 1.41. The van der Waals surface area contributed by atoms with Crippen LogP contribution in [0.5, 0.6) is 0 Å². The third-order valence-corrected chi connectivity index (χ3v) is 7.98. The summed E-state index contributed by atoms with van der Waals surface area (Å²) in [6.07, 6.45) is 1.43. The average molecular weight is 500 g/mol. The Kier molecular flexibility index (Phi) is 5.36. The van der Waals surface area contributed by atoms with Crippen molar-refractivity contribution in [1.29, 1.82) is 0 Å². The summed E-state index contributed by atoms with van der Waals surface area (Å²) in [6, 6.07) is 14.4. The van der Waals surface area contributed by atoms with Crippen LogP contribution in [0.15, 0.2) is 79.0 Å². The Labute approximate surface area is 203 Å². The number of hydrogen-bond donors (Lipinski definition) is 0. The molecule has 180 valence electrons. The van der Waals surface area contributed by atoms with Crippen LogP contribution < -0.4 is 4.90 Å². The van der Waals surface area contributed by atoms with Crippen molar-refractivity contribution in [2.24, 2.45) is 11.8 Å². The molecule has 35 heavy (non-hydrogen) atoms. The highest BCUT2D eigenvalue weighted by molar-refractivity contribution is 8.06. The van der Waals surface area contributed by atoms with Crippen LogP contribution in [0.4, 0.5) is 23.2 Å². The SMILES string of the molecule is Fc1cc(N2C[C@@H]3C(n4cnnc4)[C@H]3C2)ccc1CN1SC(c2ccccc2)=CC=C1C(F)(F)F. The van der Waals surface area contributed by atoms with Crippen LogP contribution in [0.1, 0.15) is 17.2 Å². The van der Waals surface area contributed by atoms with Crippen molar-refractivity contribution >= 4 is 22.5 Å². The Morgan fingerprint density at radius 3 is 2.31 bits per heavy atom. The van der Waals surface area contributed by atoms with Crippen LogP contribution in [0.25, 0.3) is 4.91 Å². The molecule has 0 radical (unpaired) electrons. The number of hydrogen-bond acceptors (Lipinski definition) is 5. The van der Waals surface area contributed by atoms with Crippen molar-refractivity contribution in [3.63, 3.8) is 0 Å². The maximum atomic E-state index is 15.1. The minimum Gasteiger partial charge on any atom is -0.371 e. The molecular weight excluding hydrogens is 478 g/mol. The molecule has 3 heterocycles. The van der Waals surface area contributed by atoms with E-state index in [4.69, 9.17) is 0 Å². The molecule has 0 spiro atoms. The van der Waals surface area contributed by atoms with Gasteiger partial charge < -0.3 is 13.8 Å². The molecule has 10 heteroatoms. The number of allylic oxidation sites excluding steroid dienone is 3. The summed E-state index contributed by atoms with van der Waals surface area (Å²) in [5.41, 5.74) is 0.986. The molecule has 0 N–H and O–H groups in total. The van der Waals surface area contributed by atoms with Gasteiger partial charge in [-0.15, -0.1) is 10.2 Å². The van der Waals surface area contributed by atoms with Gasteiger partial charge in [-0.25, -0.2) is 4.39 Å². The van der Waals surface area contributed by atoms with E-state index in [1.807, 2.05) is 34.9 Å². The molecule has 2 atom stereocenters. The normalized spacial score (nSPS) is 23.7. The second-order valence-corrected chi connectivity index (χ2v) is 10.0. The summed E-state index contributed by atoms with van der Waals surface area (Å²) in [5.74, 6) is 0.443. The first-order valence-corrected chi connectivity index (χ1v) is 12.0. The number of nitrogens with zero attached hydrogens (tertiary/aromatic N) is 5. The summed E-state index contributed by atoms with van der Waals surface area (Å²) in [5, 5.41) is 7.73. The molecule has 2 fully saturated rings. The molecule has 3 aliphatic rings. The van der Waals surface area contributed by atoms with Crippen molar-refractivity contribution in [3.8, 4) is 0 Å². The highest BCUT2D eigenvalue weighted by atomic mass is 32.2. The lowest BCUT2D eigenvalue weighted by molar-refractivity contribution is -0.104. The first kappa shape index (κ1) is 22.2. The van der Waals surface area contributed by atoms with Gasteiger partial charge in [-0.2, -0.15) is 13.2 Å². The number of halogens is 4. The van der Waals surface area contributed by atoms with E-state index in [-0.39, 0.29) is 12.1 Å². The molecule has 3 aromatic rings. The van der Waals surface area contributed by atoms with Crippen molar-refractivity contribution in [3.05, 3.63) is 96.0 Å². The van der Waals surface area contributed by atoms with Crippen molar-refractivity contribution in [1.82, 2.24) is 19.1 Å². The number of alkyl halides is 3. The Balaban J connectivity index is 1.17. The molecule has 1 aromatic heterocycles.